The Labute approximate surface area is 79.5 Å². The summed E-state index contributed by atoms with van der Waals surface area (Å²) in [6, 6.07) is 9.34. The molecule has 1 atom stereocenters. The van der Waals surface area contributed by atoms with Crippen LogP contribution in [-0.2, 0) is 10.7 Å². The van der Waals surface area contributed by atoms with Crippen LogP contribution in [0.3, 0.4) is 0 Å². The molecule has 1 unspecified atom stereocenters. The average Bonchev–Trinajstić information content (AvgIpc) is 2.15. The van der Waals surface area contributed by atoms with E-state index in [9.17, 15) is 8.42 Å². The van der Waals surface area contributed by atoms with Crippen molar-refractivity contribution in [3.63, 3.8) is 0 Å². The van der Waals surface area contributed by atoms with Crippen molar-refractivity contribution in [3.05, 3.63) is 35.9 Å². The highest BCUT2D eigenvalue weighted by Crippen LogP contribution is 2.12. The highest BCUT2D eigenvalue weighted by molar-refractivity contribution is 7.72. The Kier molecular flexibility index (Phi) is 3.92. The van der Waals surface area contributed by atoms with E-state index < -0.39 is 10.7 Å². The van der Waals surface area contributed by atoms with Gasteiger partial charge in [-0.3, -0.25) is 0 Å². The van der Waals surface area contributed by atoms with Crippen LogP contribution in [0.1, 0.15) is 18.0 Å². The van der Waals surface area contributed by atoms with E-state index in [1.807, 2.05) is 30.3 Å². The van der Waals surface area contributed by atoms with Crippen LogP contribution in [-0.4, -0.2) is 14.2 Å². The number of hydrogen-bond donors (Lipinski definition) is 2. The summed E-state index contributed by atoms with van der Waals surface area (Å²) < 4.78 is 20.6. The number of hydrogen-bond acceptors (Lipinski definition) is 3. The van der Waals surface area contributed by atoms with E-state index in [0.717, 1.165) is 5.56 Å². The van der Waals surface area contributed by atoms with Crippen LogP contribution in [0.4, 0.5) is 0 Å². The van der Waals surface area contributed by atoms with Crippen LogP contribution < -0.4 is 5.73 Å². The monoisotopic (exact) mass is 199 g/mol. The lowest BCUT2D eigenvalue weighted by molar-refractivity contribution is 0.604. The van der Waals surface area contributed by atoms with E-state index in [1.54, 1.807) is 0 Å². The lowest BCUT2D eigenvalue weighted by atomic mass is 10.1. The molecule has 4 heteroatoms. The highest BCUT2D eigenvalue weighted by Gasteiger charge is 2.04. The Bertz CT molecular complexity index is 314. The molecule has 0 spiro atoms. The molecule has 72 valence electrons. The van der Waals surface area contributed by atoms with Gasteiger partial charge in [0.05, 0.1) is 0 Å². The maximum atomic E-state index is 10.3. The summed E-state index contributed by atoms with van der Waals surface area (Å²) in [6.07, 6.45) is 0.489. The molecule has 0 bridgehead atoms. The van der Waals surface area contributed by atoms with Crippen LogP contribution in [0.15, 0.2) is 30.3 Å². The number of rotatable bonds is 4. The fourth-order valence-corrected chi connectivity index (χ4v) is 1.60. The first-order chi connectivity index (χ1) is 6.20. The van der Waals surface area contributed by atoms with Gasteiger partial charge in [0.1, 0.15) is 10.7 Å². The van der Waals surface area contributed by atoms with Crippen LogP contribution in [0.2, 0.25) is 0 Å². The molecular formula is C9H13NO2S. The van der Waals surface area contributed by atoms with Crippen molar-refractivity contribution in [1.29, 1.82) is 0 Å². The average molecular weight is 199 g/mol. The van der Waals surface area contributed by atoms with E-state index in [4.69, 9.17) is 5.73 Å². The minimum atomic E-state index is -2.30. The summed E-state index contributed by atoms with van der Waals surface area (Å²) in [7, 11) is -2.30. The van der Waals surface area contributed by atoms with Crippen LogP contribution in [0.25, 0.3) is 0 Å². The van der Waals surface area contributed by atoms with Crippen molar-refractivity contribution < 1.29 is 8.42 Å². The van der Waals surface area contributed by atoms with Gasteiger partial charge in [-0.05, 0) is 12.0 Å². The third kappa shape index (κ3) is 3.57. The van der Waals surface area contributed by atoms with Gasteiger partial charge in [-0.25, -0.2) is 8.42 Å². The smallest absolute Gasteiger partial charge is 0.140 e. The highest BCUT2D eigenvalue weighted by atomic mass is 32.2. The molecule has 13 heavy (non-hydrogen) atoms. The van der Waals surface area contributed by atoms with Gasteiger partial charge < -0.3 is 5.73 Å². The van der Waals surface area contributed by atoms with Crippen LogP contribution >= 0.6 is 0 Å². The first kappa shape index (κ1) is 10.2. The zero-order valence-electron chi connectivity index (χ0n) is 7.22. The van der Waals surface area contributed by atoms with Gasteiger partial charge in [0, 0.05) is 11.8 Å². The molecule has 1 aromatic rings. The maximum absolute atomic E-state index is 10.3. The Hall–Kier alpha value is -0.870. The van der Waals surface area contributed by atoms with Crippen molar-refractivity contribution in [2.24, 2.45) is 5.73 Å². The number of nitrogens with two attached hydrogens (primary N) is 1. The molecule has 0 amide bonds. The van der Waals surface area contributed by atoms with Crippen molar-refractivity contribution in [3.8, 4) is 0 Å². The van der Waals surface area contributed by atoms with E-state index in [-0.39, 0.29) is 11.8 Å². The quantitative estimate of drug-likeness (QED) is 0.701. The van der Waals surface area contributed by atoms with Crippen molar-refractivity contribution in [2.75, 3.05) is 5.75 Å². The summed E-state index contributed by atoms with van der Waals surface area (Å²) in [6.45, 7) is 0. The van der Waals surface area contributed by atoms with Crippen molar-refractivity contribution in [1.82, 2.24) is 0 Å². The van der Waals surface area contributed by atoms with E-state index in [0.29, 0.717) is 6.42 Å². The summed E-state index contributed by atoms with van der Waals surface area (Å²) in [5, 5.41) is 0. The third-order valence-corrected chi connectivity index (χ3v) is 2.47. The molecule has 0 fully saturated rings. The lowest BCUT2D eigenvalue weighted by Crippen LogP contribution is -2.12. The number of benzene rings is 1. The van der Waals surface area contributed by atoms with Crippen molar-refractivity contribution in [2.45, 2.75) is 12.5 Å². The standard InChI is InChI=1S/C9H13NO2S/c10-9(6-7-13(11)12)8-4-2-1-3-5-8/h1-5,9,13H,6-7,10H2. The minimum absolute atomic E-state index is 0.158. The van der Waals surface area contributed by atoms with Gasteiger partial charge in [-0.15, -0.1) is 0 Å². The summed E-state index contributed by atoms with van der Waals surface area (Å²) in [4.78, 5) is 0. The molecule has 2 N–H and O–H groups in total. The SMILES string of the molecule is NC(CC[SH](=O)=O)c1ccccc1. The van der Waals surface area contributed by atoms with Crippen molar-refractivity contribution >= 4 is 10.7 Å². The van der Waals surface area contributed by atoms with E-state index >= 15 is 0 Å². The Morgan fingerprint density at radius 1 is 1.23 bits per heavy atom. The fraction of sp³-hybridized carbons (Fsp3) is 0.333. The third-order valence-electron chi connectivity index (χ3n) is 1.85. The fourth-order valence-electron chi connectivity index (χ4n) is 1.11. The van der Waals surface area contributed by atoms with Gasteiger partial charge in [-0.1, -0.05) is 30.3 Å². The second-order valence-corrected chi connectivity index (χ2v) is 3.97. The molecule has 0 radical (unpaired) electrons. The molecule has 0 saturated heterocycles. The van der Waals surface area contributed by atoms with Gasteiger partial charge in [0.15, 0.2) is 0 Å². The topological polar surface area (TPSA) is 60.2 Å². The molecule has 1 rings (SSSR count). The summed E-state index contributed by atoms with van der Waals surface area (Å²) in [5.74, 6) is 0.158. The molecule has 0 aromatic heterocycles. The zero-order valence-corrected chi connectivity index (χ0v) is 8.11. The Balaban J connectivity index is 2.54. The molecule has 0 aliphatic heterocycles. The molecule has 1 aromatic carbocycles. The van der Waals surface area contributed by atoms with Gasteiger partial charge in [-0.2, -0.15) is 0 Å². The molecule has 0 aliphatic carbocycles. The molecule has 3 nitrogen and oxygen atoms in total. The van der Waals surface area contributed by atoms with Crippen LogP contribution in [0.5, 0.6) is 0 Å². The first-order valence-electron chi connectivity index (χ1n) is 4.12. The largest absolute Gasteiger partial charge is 0.324 e. The van der Waals surface area contributed by atoms with Gasteiger partial charge in [0.2, 0.25) is 0 Å². The van der Waals surface area contributed by atoms with Gasteiger partial charge >= 0.3 is 0 Å². The predicted octanol–water partition coefficient (Wildman–Crippen LogP) is 0.688. The molecular weight excluding hydrogens is 186 g/mol. The molecule has 0 saturated carbocycles. The zero-order chi connectivity index (χ0) is 9.68. The van der Waals surface area contributed by atoms with E-state index in [2.05, 4.69) is 0 Å². The van der Waals surface area contributed by atoms with Crippen LogP contribution in [0, 0.1) is 0 Å². The maximum Gasteiger partial charge on any atom is 0.140 e. The summed E-state index contributed by atoms with van der Waals surface area (Å²) in [5.41, 5.74) is 6.76. The molecule has 0 aliphatic rings. The Morgan fingerprint density at radius 2 is 1.85 bits per heavy atom. The molecule has 0 heterocycles. The second-order valence-electron chi connectivity index (χ2n) is 2.86. The number of thiol groups is 1. The summed E-state index contributed by atoms with van der Waals surface area (Å²) >= 11 is 0. The lowest BCUT2D eigenvalue weighted by Gasteiger charge is -2.08. The first-order valence-corrected chi connectivity index (χ1v) is 5.49. The van der Waals surface area contributed by atoms with Gasteiger partial charge in [0.25, 0.3) is 0 Å². The predicted molar refractivity (Wildman–Crippen MR) is 53.2 cm³/mol. The normalized spacial score (nSPS) is 13.1. The second kappa shape index (κ2) is 4.99. The van der Waals surface area contributed by atoms with E-state index in [1.165, 1.54) is 0 Å². The Morgan fingerprint density at radius 3 is 2.38 bits per heavy atom. The minimum Gasteiger partial charge on any atom is -0.324 e.